The van der Waals surface area contributed by atoms with Gasteiger partial charge >= 0.3 is 0 Å². The van der Waals surface area contributed by atoms with Gasteiger partial charge in [0.05, 0.1) is 18.9 Å². The lowest BCUT2D eigenvalue weighted by atomic mass is 9.99. The van der Waals surface area contributed by atoms with Crippen LogP contribution in [-0.2, 0) is 21.0 Å². The van der Waals surface area contributed by atoms with Crippen LogP contribution in [0.25, 0.3) is 6.08 Å². The first-order valence-electron chi connectivity index (χ1n) is 16.0. The van der Waals surface area contributed by atoms with Crippen LogP contribution in [0.3, 0.4) is 0 Å². The second-order valence-corrected chi connectivity index (χ2v) is 12.5. The lowest BCUT2D eigenvalue weighted by molar-refractivity contribution is -0.126. The van der Waals surface area contributed by atoms with E-state index < -0.39 is 17.9 Å². The van der Waals surface area contributed by atoms with Crippen molar-refractivity contribution in [1.29, 1.82) is 0 Å². The van der Waals surface area contributed by atoms with Crippen molar-refractivity contribution in [3.05, 3.63) is 173 Å². The van der Waals surface area contributed by atoms with Gasteiger partial charge in [-0.2, -0.15) is 4.99 Å². The fourth-order valence-corrected chi connectivity index (χ4v) is 6.22. The number of hydrogen-bond donors (Lipinski definition) is 1. The summed E-state index contributed by atoms with van der Waals surface area (Å²) < 4.78 is 11.5. The van der Waals surface area contributed by atoms with Crippen LogP contribution in [0.4, 0.5) is 0 Å². The third-order valence-electron chi connectivity index (χ3n) is 7.75. The van der Waals surface area contributed by atoms with Crippen molar-refractivity contribution >= 4 is 52.3 Å². The molecule has 0 fully saturated rings. The molecule has 3 amide bonds. The highest BCUT2D eigenvalue weighted by atomic mass is 35.5. The molecule has 0 saturated heterocycles. The van der Waals surface area contributed by atoms with E-state index in [1.54, 1.807) is 55.5 Å². The predicted molar refractivity (Wildman–Crippen MR) is 204 cm³/mol. The van der Waals surface area contributed by atoms with Crippen LogP contribution in [0, 0.1) is 0 Å². The van der Waals surface area contributed by atoms with Crippen LogP contribution in [0.2, 0.25) is 5.02 Å². The van der Waals surface area contributed by atoms with Crippen molar-refractivity contribution in [1.82, 2.24) is 10.2 Å². The van der Waals surface area contributed by atoms with Crippen LogP contribution in [-0.4, -0.2) is 40.7 Å². The zero-order valence-electron chi connectivity index (χ0n) is 28.1. The highest BCUT2D eigenvalue weighted by Gasteiger charge is 2.35. The molecule has 0 aliphatic carbocycles. The second kappa shape index (κ2) is 17.8. The number of hydrogen-bond acceptors (Lipinski definition) is 6. The number of nitrogens with one attached hydrogen (secondary N) is 1. The summed E-state index contributed by atoms with van der Waals surface area (Å²) >= 11 is 7.28. The predicted octanol–water partition coefficient (Wildman–Crippen LogP) is 8.32. The standard InChI is InChI=1S/C41H36ClN3O5S/c1-4-6-20-32(5-2)45-40(48)33(24-28-22-23-35(36(25-28)49-3)50-26-31-19-13-14-21-34(31)42)39(47)44-41(45)51-27-37(46)43-38(29-15-9-7-10-16-29)30-17-11-8-12-18-30/h4-25,38H,1,26-27H2,2-3H3,(H,43,46)/b20-6-,32-5+,33-24+. The van der Waals surface area contributed by atoms with Gasteiger partial charge in [0.2, 0.25) is 5.91 Å². The molecule has 0 aromatic heterocycles. The number of thioether (sulfide) groups is 1. The molecule has 10 heteroatoms. The van der Waals surface area contributed by atoms with E-state index in [2.05, 4.69) is 16.9 Å². The Morgan fingerprint density at radius 3 is 2.25 bits per heavy atom. The molecule has 1 N–H and O–H groups in total. The number of aliphatic imine (C=N–C) groups is 1. The summed E-state index contributed by atoms with van der Waals surface area (Å²) in [5, 5.41) is 3.76. The third kappa shape index (κ3) is 9.33. The second-order valence-electron chi connectivity index (χ2n) is 11.1. The van der Waals surface area contributed by atoms with Gasteiger partial charge < -0.3 is 14.8 Å². The maximum Gasteiger partial charge on any atom is 0.285 e. The van der Waals surface area contributed by atoms with E-state index >= 15 is 0 Å². The summed E-state index contributed by atoms with van der Waals surface area (Å²) in [7, 11) is 1.50. The molecule has 0 spiro atoms. The SMILES string of the molecule is C=C/C=C\C(=C/C)N1C(=O)/C(=C/c2ccc(OCc3ccccc3Cl)c(OC)c2)C(=O)N=C1SCC(=O)NC(c1ccccc1)c1ccccc1. The molecular formula is C41H36ClN3O5S. The van der Waals surface area contributed by atoms with Gasteiger partial charge in [-0.25, -0.2) is 0 Å². The maximum atomic E-state index is 14.1. The summed E-state index contributed by atoms with van der Waals surface area (Å²) in [6.07, 6.45) is 8.12. The number of rotatable bonds is 13. The van der Waals surface area contributed by atoms with Gasteiger partial charge in [-0.1, -0.05) is 133 Å². The molecule has 0 radical (unpaired) electrons. The molecule has 258 valence electrons. The van der Waals surface area contributed by atoms with E-state index in [9.17, 15) is 14.4 Å². The number of halogens is 1. The van der Waals surface area contributed by atoms with Crippen LogP contribution >= 0.6 is 23.4 Å². The molecular weight excluding hydrogens is 682 g/mol. The Balaban J connectivity index is 1.39. The summed E-state index contributed by atoms with van der Waals surface area (Å²) in [6, 6.07) is 31.3. The molecule has 1 aliphatic rings. The third-order valence-corrected chi connectivity index (χ3v) is 9.06. The number of amides is 3. The zero-order valence-corrected chi connectivity index (χ0v) is 29.7. The Hall–Kier alpha value is -5.64. The minimum absolute atomic E-state index is 0.0796. The average Bonchev–Trinajstić information content (AvgIpc) is 3.16. The van der Waals surface area contributed by atoms with Crippen LogP contribution in [0.15, 0.2) is 150 Å². The minimum Gasteiger partial charge on any atom is -0.493 e. The molecule has 1 heterocycles. The number of benzene rings is 4. The number of allylic oxidation sites excluding steroid dienone is 4. The first-order chi connectivity index (χ1) is 24.8. The van der Waals surface area contributed by atoms with Crippen molar-refractivity contribution in [2.75, 3.05) is 12.9 Å². The number of ether oxygens (including phenoxy) is 2. The highest BCUT2D eigenvalue weighted by Crippen LogP contribution is 2.32. The van der Waals surface area contributed by atoms with E-state index in [0.29, 0.717) is 27.8 Å². The number of amidine groups is 1. The Morgan fingerprint density at radius 1 is 0.961 bits per heavy atom. The van der Waals surface area contributed by atoms with E-state index in [-0.39, 0.29) is 29.0 Å². The van der Waals surface area contributed by atoms with Crippen molar-refractivity contribution in [3.63, 3.8) is 0 Å². The molecule has 0 saturated carbocycles. The molecule has 51 heavy (non-hydrogen) atoms. The van der Waals surface area contributed by atoms with Crippen LogP contribution < -0.4 is 14.8 Å². The summed E-state index contributed by atoms with van der Waals surface area (Å²) in [5.74, 6) is -0.850. The lowest BCUT2D eigenvalue weighted by Crippen LogP contribution is -2.42. The first-order valence-corrected chi connectivity index (χ1v) is 17.4. The Bertz CT molecular complexity index is 1990. The molecule has 4 aromatic carbocycles. The first kappa shape index (κ1) is 36.6. The van der Waals surface area contributed by atoms with Gasteiger partial charge in [0.15, 0.2) is 16.7 Å². The van der Waals surface area contributed by atoms with E-state index in [1.807, 2.05) is 78.9 Å². The summed E-state index contributed by atoms with van der Waals surface area (Å²) in [5.41, 5.74) is 3.47. The molecule has 0 atom stereocenters. The number of methoxy groups -OCH3 is 1. The molecule has 4 aromatic rings. The topological polar surface area (TPSA) is 97.3 Å². The van der Waals surface area contributed by atoms with Crippen molar-refractivity contribution < 1.29 is 23.9 Å². The minimum atomic E-state index is -0.730. The van der Waals surface area contributed by atoms with Gasteiger partial charge in [0, 0.05) is 16.3 Å². The Kier molecular flexibility index (Phi) is 12.8. The van der Waals surface area contributed by atoms with Crippen molar-refractivity contribution in [2.24, 2.45) is 4.99 Å². The molecule has 0 unspecified atom stereocenters. The van der Waals surface area contributed by atoms with Gasteiger partial charge in [-0.3, -0.25) is 19.3 Å². The van der Waals surface area contributed by atoms with Gasteiger partial charge in [0.1, 0.15) is 12.2 Å². The quantitative estimate of drug-likeness (QED) is 0.0849. The van der Waals surface area contributed by atoms with E-state index in [0.717, 1.165) is 28.5 Å². The van der Waals surface area contributed by atoms with Crippen LogP contribution in [0.5, 0.6) is 11.5 Å². The lowest BCUT2D eigenvalue weighted by Gasteiger charge is -2.28. The smallest absolute Gasteiger partial charge is 0.285 e. The van der Waals surface area contributed by atoms with Gasteiger partial charge in [-0.15, -0.1) is 0 Å². The van der Waals surface area contributed by atoms with Gasteiger partial charge in [-0.05, 0) is 54.0 Å². The molecule has 0 bridgehead atoms. The monoisotopic (exact) mass is 717 g/mol. The van der Waals surface area contributed by atoms with Crippen LogP contribution in [0.1, 0.15) is 35.2 Å². The fraction of sp³-hybridized carbons (Fsp3) is 0.122. The number of nitrogens with zero attached hydrogens (tertiary/aromatic N) is 2. The van der Waals surface area contributed by atoms with E-state index in [4.69, 9.17) is 21.1 Å². The van der Waals surface area contributed by atoms with Gasteiger partial charge in [0.25, 0.3) is 11.8 Å². The normalized spacial score (nSPS) is 14.2. The average molecular weight is 718 g/mol. The summed E-state index contributed by atoms with van der Waals surface area (Å²) in [6.45, 7) is 5.71. The maximum absolute atomic E-state index is 14.1. The highest BCUT2D eigenvalue weighted by molar-refractivity contribution is 8.14. The molecule has 8 nitrogen and oxygen atoms in total. The van der Waals surface area contributed by atoms with Crippen molar-refractivity contribution in [2.45, 2.75) is 19.6 Å². The summed E-state index contributed by atoms with van der Waals surface area (Å²) in [4.78, 5) is 46.6. The van der Waals surface area contributed by atoms with Crippen molar-refractivity contribution in [3.8, 4) is 11.5 Å². The molecule has 5 rings (SSSR count). The Labute approximate surface area is 306 Å². The molecule has 1 aliphatic heterocycles. The van der Waals surface area contributed by atoms with E-state index in [1.165, 1.54) is 18.1 Å². The Morgan fingerprint density at radius 2 is 1.63 bits per heavy atom. The largest absolute Gasteiger partial charge is 0.493 e. The number of carbonyl (C=O) groups is 3. The number of carbonyl (C=O) groups excluding carboxylic acids is 3. The zero-order chi connectivity index (χ0) is 36.2. The fourth-order valence-electron chi connectivity index (χ4n) is 5.22.